The molecule has 1 amide bonds. The van der Waals surface area contributed by atoms with Gasteiger partial charge in [-0.3, -0.25) is 4.79 Å². The fourth-order valence-corrected chi connectivity index (χ4v) is 1.83. The van der Waals surface area contributed by atoms with E-state index in [1.54, 1.807) is 12.1 Å². The topological polar surface area (TPSA) is 20.3 Å². The van der Waals surface area contributed by atoms with Crippen LogP contribution in [0, 0.1) is 5.82 Å². The Morgan fingerprint density at radius 1 is 1.28 bits per heavy atom. The van der Waals surface area contributed by atoms with Gasteiger partial charge in [0.05, 0.1) is 0 Å². The number of hydrogen-bond acceptors (Lipinski definition) is 1. The van der Waals surface area contributed by atoms with Gasteiger partial charge in [0, 0.05) is 18.2 Å². The summed E-state index contributed by atoms with van der Waals surface area (Å²) in [4.78, 5) is 14.3. The number of rotatable bonds is 6. The highest BCUT2D eigenvalue weighted by atomic mass is 19.1. The van der Waals surface area contributed by atoms with Crippen molar-refractivity contribution in [2.24, 2.45) is 0 Å². The third-order valence-electron chi connectivity index (χ3n) is 3.23. The normalized spacial score (nSPS) is 12.2. The van der Waals surface area contributed by atoms with Gasteiger partial charge < -0.3 is 4.90 Å². The van der Waals surface area contributed by atoms with E-state index in [-0.39, 0.29) is 17.8 Å². The number of amides is 1. The molecular formula is C15H22FNO. The van der Waals surface area contributed by atoms with E-state index >= 15 is 0 Å². The minimum atomic E-state index is -0.310. The van der Waals surface area contributed by atoms with E-state index in [4.69, 9.17) is 0 Å². The molecule has 0 aliphatic heterocycles. The highest BCUT2D eigenvalue weighted by Crippen LogP contribution is 2.12. The maximum atomic E-state index is 12.9. The Kier molecular flexibility index (Phi) is 5.83. The number of carbonyl (C=O) groups excluding carboxylic acids is 1. The molecule has 0 bridgehead atoms. The summed E-state index contributed by atoms with van der Waals surface area (Å²) in [5.41, 5.74) is 0.563. The molecule has 0 fully saturated rings. The van der Waals surface area contributed by atoms with Crippen molar-refractivity contribution in [3.8, 4) is 0 Å². The summed E-state index contributed by atoms with van der Waals surface area (Å²) in [6.07, 6.45) is 2.98. The Bertz CT molecular complexity index is 375. The van der Waals surface area contributed by atoms with E-state index < -0.39 is 0 Å². The third kappa shape index (κ3) is 3.83. The van der Waals surface area contributed by atoms with Crippen LogP contribution >= 0.6 is 0 Å². The zero-order valence-electron chi connectivity index (χ0n) is 11.4. The predicted molar refractivity (Wildman–Crippen MR) is 72.1 cm³/mol. The number of carbonyl (C=O) groups is 1. The van der Waals surface area contributed by atoms with Crippen LogP contribution < -0.4 is 0 Å². The van der Waals surface area contributed by atoms with Gasteiger partial charge in [0.25, 0.3) is 5.91 Å². The SMILES string of the molecule is CCCCN(C(=O)c1ccc(F)cc1)C(C)CC. The summed E-state index contributed by atoms with van der Waals surface area (Å²) >= 11 is 0. The molecule has 3 heteroatoms. The fraction of sp³-hybridized carbons (Fsp3) is 0.533. The minimum absolute atomic E-state index is 0.00204. The van der Waals surface area contributed by atoms with E-state index in [2.05, 4.69) is 20.8 Å². The molecule has 1 aromatic rings. The number of nitrogens with zero attached hydrogens (tertiary/aromatic N) is 1. The molecule has 0 aliphatic carbocycles. The first-order valence-corrected chi connectivity index (χ1v) is 6.66. The summed E-state index contributed by atoms with van der Waals surface area (Å²) in [6, 6.07) is 6.00. The number of benzene rings is 1. The lowest BCUT2D eigenvalue weighted by Gasteiger charge is -2.28. The van der Waals surface area contributed by atoms with Crippen molar-refractivity contribution in [1.82, 2.24) is 4.90 Å². The molecule has 0 N–H and O–H groups in total. The summed E-state index contributed by atoms with van der Waals surface area (Å²) in [5, 5.41) is 0. The Balaban J connectivity index is 2.83. The largest absolute Gasteiger partial charge is 0.336 e. The lowest BCUT2D eigenvalue weighted by atomic mass is 10.1. The number of unbranched alkanes of at least 4 members (excludes halogenated alkanes) is 1. The first-order chi connectivity index (χ1) is 8.60. The fourth-order valence-electron chi connectivity index (χ4n) is 1.83. The Hall–Kier alpha value is -1.38. The van der Waals surface area contributed by atoms with Gasteiger partial charge in [-0.1, -0.05) is 20.3 Å². The molecule has 0 radical (unpaired) electrons. The molecular weight excluding hydrogens is 229 g/mol. The summed E-state index contributed by atoms with van der Waals surface area (Å²) in [6.45, 7) is 7.00. The first kappa shape index (κ1) is 14.7. The second-order valence-electron chi connectivity index (χ2n) is 4.62. The van der Waals surface area contributed by atoms with Gasteiger partial charge in [-0.25, -0.2) is 4.39 Å². The molecule has 0 aliphatic rings. The van der Waals surface area contributed by atoms with E-state index in [1.807, 2.05) is 4.90 Å². The molecule has 0 saturated carbocycles. The average molecular weight is 251 g/mol. The van der Waals surface area contributed by atoms with Gasteiger partial charge in [-0.2, -0.15) is 0 Å². The molecule has 0 saturated heterocycles. The van der Waals surface area contributed by atoms with Crippen molar-refractivity contribution in [3.05, 3.63) is 35.6 Å². The average Bonchev–Trinajstić information content (AvgIpc) is 2.39. The second kappa shape index (κ2) is 7.14. The Morgan fingerprint density at radius 3 is 2.39 bits per heavy atom. The molecule has 18 heavy (non-hydrogen) atoms. The van der Waals surface area contributed by atoms with Crippen LogP contribution in [0.15, 0.2) is 24.3 Å². The molecule has 1 atom stereocenters. The zero-order chi connectivity index (χ0) is 13.5. The molecule has 0 aromatic heterocycles. The minimum Gasteiger partial charge on any atom is -0.336 e. The lowest BCUT2D eigenvalue weighted by molar-refractivity contribution is 0.0685. The van der Waals surface area contributed by atoms with Gasteiger partial charge >= 0.3 is 0 Å². The number of hydrogen-bond donors (Lipinski definition) is 0. The van der Waals surface area contributed by atoms with Gasteiger partial charge in [0.1, 0.15) is 5.82 Å². The molecule has 2 nitrogen and oxygen atoms in total. The van der Waals surface area contributed by atoms with Crippen molar-refractivity contribution in [1.29, 1.82) is 0 Å². The summed E-state index contributed by atoms with van der Waals surface area (Å²) < 4.78 is 12.9. The van der Waals surface area contributed by atoms with Crippen molar-refractivity contribution in [2.45, 2.75) is 46.1 Å². The van der Waals surface area contributed by atoms with Crippen molar-refractivity contribution >= 4 is 5.91 Å². The van der Waals surface area contributed by atoms with Crippen molar-refractivity contribution in [3.63, 3.8) is 0 Å². The van der Waals surface area contributed by atoms with Crippen LogP contribution in [-0.2, 0) is 0 Å². The van der Waals surface area contributed by atoms with Crippen LogP contribution in [-0.4, -0.2) is 23.4 Å². The summed E-state index contributed by atoms with van der Waals surface area (Å²) in [5.74, 6) is -0.312. The van der Waals surface area contributed by atoms with E-state index in [0.717, 1.165) is 25.8 Å². The maximum Gasteiger partial charge on any atom is 0.254 e. The van der Waals surface area contributed by atoms with Gasteiger partial charge in [0.15, 0.2) is 0 Å². The van der Waals surface area contributed by atoms with Crippen LogP contribution in [0.2, 0.25) is 0 Å². The highest BCUT2D eigenvalue weighted by molar-refractivity contribution is 5.94. The quantitative estimate of drug-likeness (QED) is 0.751. The monoisotopic (exact) mass is 251 g/mol. The van der Waals surface area contributed by atoms with Crippen LogP contribution in [0.4, 0.5) is 4.39 Å². The Morgan fingerprint density at radius 2 is 1.89 bits per heavy atom. The van der Waals surface area contributed by atoms with Gasteiger partial charge in [-0.15, -0.1) is 0 Å². The van der Waals surface area contributed by atoms with Crippen LogP contribution in [0.25, 0.3) is 0 Å². The second-order valence-corrected chi connectivity index (χ2v) is 4.62. The first-order valence-electron chi connectivity index (χ1n) is 6.66. The molecule has 0 spiro atoms. The predicted octanol–water partition coefficient (Wildman–Crippen LogP) is 3.87. The van der Waals surface area contributed by atoms with E-state index in [1.165, 1.54) is 12.1 Å². The molecule has 1 rings (SSSR count). The maximum absolute atomic E-state index is 12.9. The molecule has 1 aromatic carbocycles. The third-order valence-corrected chi connectivity index (χ3v) is 3.23. The van der Waals surface area contributed by atoms with Crippen molar-refractivity contribution in [2.75, 3.05) is 6.54 Å². The summed E-state index contributed by atoms with van der Waals surface area (Å²) in [7, 11) is 0. The zero-order valence-corrected chi connectivity index (χ0v) is 11.4. The van der Waals surface area contributed by atoms with Crippen LogP contribution in [0.5, 0.6) is 0 Å². The lowest BCUT2D eigenvalue weighted by Crippen LogP contribution is -2.39. The smallest absolute Gasteiger partial charge is 0.254 e. The van der Waals surface area contributed by atoms with Crippen molar-refractivity contribution < 1.29 is 9.18 Å². The standard InChI is InChI=1S/C15H22FNO/c1-4-6-11-17(12(3)5-2)15(18)13-7-9-14(16)10-8-13/h7-10,12H,4-6,11H2,1-3H3. The van der Waals surface area contributed by atoms with Gasteiger partial charge in [0.2, 0.25) is 0 Å². The molecule has 1 unspecified atom stereocenters. The van der Waals surface area contributed by atoms with Crippen LogP contribution in [0.1, 0.15) is 50.4 Å². The van der Waals surface area contributed by atoms with E-state index in [9.17, 15) is 9.18 Å². The highest BCUT2D eigenvalue weighted by Gasteiger charge is 2.19. The van der Waals surface area contributed by atoms with Crippen LogP contribution in [0.3, 0.4) is 0 Å². The van der Waals surface area contributed by atoms with E-state index in [0.29, 0.717) is 5.56 Å². The van der Waals surface area contributed by atoms with Gasteiger partial charge in [-0.05, 0) is 44.0 Å². The Labute approximate surface area is 109 Å². The molecule has 100 valence electrons. The molecule has 0 heterocycles. The number of halogens is 1.